The van der Waals surface area contributed by atoms with Crippen LogP contribution in [0, 0.1) is 13.8 Å². The number of carbonyl (C=O) groups is 1. The maximum absolute atomic E-state index is 11.0. The minimum Gasteiger partial charge on any atom is -0.507 e. The van der Waals surface area contributed by atoms with Crippen molar-refractivity contribution >= 4 is 29.0 Å². The molecule has 0 fully saturated rings. The number of aromatic carboxylic acids is 1. The highest BCUT2D eigenvalue weighted by molar-refractivity contribution is 5.91. The van der Waals surface area contributed by atoms with E-state index >= 15 is 0 Å². The van der Waals surface area contributed by atoms with Gasteiger partial charge in [0.1, 0.15) is 17.0 Å². The molecule has 2 aromatic carbocycles. The number of carboxylic acid groups (broad SMARTS) is 1. The van der Waals surface area contributed by atoms with E-state index in [2.05, 4.69) is 4.98 Å². The molecule has 5 heteroatoms. The Kier molecular flexibility index (Phi) is 4.15. The molecular weight excluding hydrogens is 318 g/mol. The van der Waals surface area contributed by atoms with Crippen molar-refractivity contribution < 1.29 is 20.1 Å². The van der Waals surface area contributed by atoms with Crippen molar-refractivity contribution in [3.63, 3.8) is 0 Å². The zero-order valence-corrected chi connectivity index (χ0v) is 13.8. The second-order valence-corrected chi connectivity index (χ2v) is 5.90. The van der Waals surface area contributed by atoms with Crippen LogP contribution in [0.4, 0.5) is 0 Å². The van der Waals surface area contributed by atoms with Crippen molar-refractivity contribution in [2.75, 3.05) is 0 Å². The van der Waals surface area contributed by atoms with Crippen molar-refractivity contribution in [2.24, 2.45) is 0 Å². The van der Waals surface area contributed by atoms with Gasteiger partial charge in [0.2, 0.25) is 0 Å². The van der Waals surface area contributed by atoms with Crippen molar-refractivity contribution in [1.29, 1.82) is 0 Å². The van der Waals surface area contributed by atoms with Gasteiger partial charge in [-0.2, -0.15) is 0 Å². The van der Waals surface area contributed by atoms with Crippen molar-refractivity contribution in [2.45, 2.75) is 13.8 Å². The molecule has 1 heterocycles. The largest absolute Gasteiger partial charge is 0.507 e. The van der Waals surface area contributed by atoms with Gasteiger partial charge < -0.3 is 15.3 Å². The predicted molar refractivity (Wildman–Crippen MR) is 96.9 cm³/mol. The first-order chi connectivity index (χ1) is 11.9. The van der Waals surface area contributed by atoms with Crippen LogP contribution in [-0.2, 0) is 0 Å². The molecule has 0 aliphatic rings. The van der Waals surface area contributed by atoms with Crippen molar-refractivity contribution in [3.05, 3.63) is 64.3 Å². The van der Waals surface area contributed by atoms with Crippen LogP contribution in [0.15, 0.2) is 36.4 Å². The third-order valence-electron chi connectivity index (χ3n) is 4.08. The molecule has 0 aliphatic heterocycles. The Labute approximate surface area is 144 Å². The molecule has 3 rings (SSSR count). The molecule has 0 amide bonds. The first-order valence-corrected chi connectivity index (χ1v) is 7.71. The lowest BCUT2D eigenvalue weighted by atomic mass is 10.0. The molecule has 126 valence electrons. The number of phenolic OH excluding ortho intramolecular Hbond substituents is 2. The summed E-state index contributed by atoms with van der Waals surface area (Å²) in [7, 11) is 0. The highest BCUT2D eigenvalue weighted by Crippen LogP contribution is 2.30. The zero-order valence-electron chi connectivity index (χ0n) is 13.8. The van der Waals surface area contributed by atoms with Gasteiger partial charge in [-0.15, -0.1) is 0 Å². The number of benzene rings is 2. The van der Waals surface area contributed by atoms with Gasteiger partial charge in [-0.3, -0.25) is 0 Å². The monoisotopic (exact) mass is 335 g/mol. The predicted octanol–water partition coefficient (Wildman–Crippen LogP) is 4.13. The lowest BCUT2D eigenvalue weighted by molar-refractivity contribution is 0.0697. The summed E-state index contributed by atoms with van der Waals surface area (Å²) in [4.78, 5) is 15.5. The number of aryl methyl sites for hydroxylation is 2. The summed E-state index contributed by atoms with van der Waals surface area (Å²) in [6.45, 7) is 3.78. The van der Waals surface area contributed by atoms with Crippen LogP contribution in [0.2, 0.25) is 0 Å². The number of aromatic nitrogens is 1. The molecule has 3 N–H and O–H groups in total. The maximum Gasteiger partial charge on any atom is 0.335 e. The van der Waals surface area contributed by atoms with Crippen molar-refractivity contribution in [1.82, 2.24) is 4.98 Å². The minimum absolute atomic E-state index is 0.0171. The summed E-state index contributed by atoms with van der Waals surface area (Å²) >= 11 is 0. The molecule has 0 bridgehead atoms. The van der Waals surface area contributed by atoms with Gasteiger partial charge in [-0.25, -0.2) is 9.78 Å². The zero-order chi connectivity index (χ0) is 18.1. The van der Waals surface area contributed by atoms with E-state index in [0.29, 0.717) is 16.8 Å². The van der Waals surface area contributed by atoms with E-state index in [-0.39, 0.29) is 17.1 Å². The number of hydrogen-bond acceptors (Lipinski definition) is 4. The van der Waals surface area contributed by atoms with Gasteiger partial charge in [0.05, 0.1) is 11.3 Å². The average Bonchev–Trinajstić information content (AvgIpc) is 2.58. The summed E-state index contributed by atoms with van der Waals surface area (Å²) in [6.07, 6.45) is 3.26. The molecular formula is C20H17NO4. The van der Waals surface area contributed by atoms with E-state index in [1.54, 1.807) is 18.2 Å². The Hall–Kier alpha value is -3.34. The van der Waals surface area contributed by atoms with Gasteiger partial charge in [0.25, 0.3) is 0 Å². The van der Waals surface area contributed by atoms with Crippen LogP contribution in [-0.4, -0.2) is 26.3 Å². The molecule has 1 aromatic heterocycles. The summed E-state index contributed by atoms with van der Waals surface area (Å²) in [6, 6.07) is 9.66. The van der Waals surface area contributed by atoms with Crippen LogP contribution in [0.3, 0.4) is 0 Å². The highest BCUT2D eigenvalue weighted by Gasteiger charge is 2.09. The van der Waals surface area contributed by atoms with Gasteiger partial charge >= 0.3 is 5.97 Å². The summed E-state index contributed by atoms with van der Waals surface area (Å²) < 4.78 is 0. The summed E-state index contributed by atoms with van der Waals surface area (Å²) in [5.74, 6) is -0.933. The van der Waals surface area contributed by atoms with Crippen molar-refractivity contribution in [3.8, 4) is 11.5 Å². The smallest absolute Gasteiger partial charge is 0.335 e. The second-order valence-electron chi connectivity index (χ2n) is 5.90. The van der Waals surface area contributed by atoms with E-state index in [9.17, 15) is 15.0 Å². The number of rotatable bonds is 3. The Bertz CT molecular complexity index is 1020. The maximum atomic E-state index is 11.0. The van der Waals surface area contributed by atoms with Crippen LogP contribution >= 0.6 is 0 Å². The van der Waals surface area contributed by atoms with Gasteiger partial charge in [-0.05, 0) is 61.4 Å². The molecule has 0 saturated heterocycles. The van der Waals surface area contributed by atoms with Crippen LogP contribution < -0.4 is 0 Å². The standard InChI is InChI=1S/C20H17NO4/c1-11-9-12(2)19(23)18-16(11)7-6-15(21-18)5-3-13-10-14(20(24)25)4-8-17(13)22/h3-10,22-23H,1-2H3,(H,24,25). The van der Waals surface area contributed by atoms with E-state index in [1.807, 2.05) is 26.0 Å². The number of phenols is 2. The summed E-state index contributed by atoms with van der Waals surface area (Å²) in [5, 5.41) is 30.0. The topological polar surface area (TPSA) is 90.7 Å². The Morgan fingerprint density at radius 3 is 2.48 bits per heavy atom. The molecule has 0 aliphatic carbocycles. The molecule has 0 spiro atoms. The normalized spacial score (nSPS) is 11.3. The number of carboxylic acids is 1. The number of nitrogens with zero attached hydrogens (tertiary/aromatic N) is 1. The third kappa shape index (κ3) is 3.17. The molecule has 0 radical (unpaired) electrons. The van der Waals surface area contributed by atoms with Crippen LogP contribution in [0.25, 0.3) is 23.1 Å². The molecule has 0 unspecified atom stereocenters. The SMILES string of the molecule is Cc1cc(C)c2ccc(C=Cc3cc(C(=O)O)ccc3O)nc2c1O. The highest BCUT2D eigenvalue weighted by atomic mass is 16.4. The Morgan fingerprint density at radius 1 is 1.00 bits per heavy atom. The van der Waals surface area contributed by atoms with Crippen LogP contribution in [0.5, 0.6) is 11.5 Å². The Morgan fingerprint density at radius 2 is 1.76 bits per heavy atom. The molecule has 5 nitrogen and oxygen atoms in total. The van der Waals surface area contributed by atoms with Gasteiger partial charge in [0, 0.05) is 10.9 Å². The minimum atomic E-state index is -1.06. The van der Waals surface area contributed by atoms with Gasteiger partial charge in [-0.1, -0.05) is 12.1 Å². The van der Waals surface area contributed by atoms with E-state index in [1.165, 1.54) is 18.2 Å². The lowest BCUT2D eigenvalue weighted by Crippen LogP contribution is -1.95. The Balaban J connectivity index is 2.04. The number of hydrogen-bond donors (Lipinski definition) is 3. The second kappa shape index (κ2) is 6.28. The lowest BCUT2D eigenvalue weighted by Gasteiger charge is -2.08. The van der Waals surface area contributed by atoms with E-state index < -0.39 is 5.97 Å². The first kappa shape index (κ1) is 16.5. The fraction of sp³-hybridized carbons (Fsp3) is 0.100. The van der Waals surface area contributed by atoms with Gasteiger partial charge in [0.15, 0.2) is 0 Å². The van der Waals surface area contributed by atoms with E-state index in [4.69, 9.17) is 5.11 Å². The third-order valence-corrected chi connectivity index (χ3v) is 4.08. The molecule has 0 saturated carbocycles. The average molecular weight is 335 g/mol. The first-order valence-electron chi connectivity index (χ1n) is 7.71. The quantitative estimate of drug-likeness (QED) is 0.669. The summed E-state index contributed by atoms with van der Waals surface area (Å²) in [5.41, 5.74) is 3.36. The van der Waals surface area contributed by atoms with Crippen LogP contribution in [0.1, 0.15) is 32.7 Å². The number of pyridine rings is 1. The molecule has 0 atom stereocenters. The fourth-order valence-corrected chi connectivity index (χ4v) is 2.72. The van der Waals surface area contributed by atoms with E-state index in [0.717, 1.165) is 16.5 Å². The molecule has 3 aromatic rings. The fourth-order valence-electron chi connectivity index (χ4n) is 2.72. The number of fused-ring (bicyclic) bond motifs is 1. The molecule has 25 heavy (non-hydrogen) atoms. The number of aromatic hydroxyl groups is 2.